The van der Waals surface area contributed by atoms with Gasteiger partial charge in [-0.2, -0.15) is 5.10 Å². The SMILES string of the molecule is Cc1cnn(CC(C)NC(C)C(=O)Nc2sccc2C(N)=O)c1. The highest BCUT2D eigenvalue weighted by Crippen LogP contribution is 2.22. The first-order valence-electron chi connectivity index (χ1n) is 7.30. The van der Waals surface area contributed by atoms with Gasteiger partial charge in [0.25, 0.3) is 5.91 Å². The van der Waals surface area contributed by atoms with Crippen LogP contribution in [0.5, 0.6) is 0 Å². The van der Waals surface area contributed by atoms with Gasteiger partial charge in [0.15, 0.2) is 0 Å². The Kier molecular flexibility index (Phi) is 5.51. The lowest BCUT2D eigenvalue weighted by Crippen LogP contribution is -2.44. The molecule has 2 rings (SSSR count). The fraction of sp³-hybridized carbons (Fsp3) is 0.400. The molecule has 0 fully saturated rings. The molecule has 0 aliphatic carbocycles. The van der Waals surface area contributed by atoms with E-state index in [1.807, 2.05) is 24.7 Å². The number of hydrogen-bond acceptors (Lipinski definition) is 5. The molecule has 0 spiro atoms. The molecule has 8 heteroatoms. The zero-order valence-electron chi connectivity index (χ0n) is 13.4. The Balaban J connectivity index is 1.89. The monoisotopic (exact) mass is 335 g/mol. The van der Waals surface area contributed by atoms with Gasteiger partial charge in [-0.1, -0.05) is 0 Å². The third-order valence-corrected chi connectivity index (χ3v) is 4.15. The Morgan fingerprint density at radius 3 is 2.78 bits per heavy atom. The number of anilines is 1. The van der Waals surface area contributed by atoms with Gasteiger partial charge < -0.3 is 16.4 Å². The number of primary amides is 1. The average molecular weight is 335 g/mol. The number of thiophene rings is 1. The first-order valence-corrected chi connectivity index (χ1v) is 8.18. The summed E-state index contributed by atoms with van der Waals surface area (Å²) < 4.78 is 1.84. The lowest BCUT2D eigenvalue weighted by molar-refractivity contribution is -0.117. The Morgan fingerprint density at radius 1 is 1.43 bits per heavy atom. The molecule has 7 nitrogen and oxygen atoms in total. The summed E-state index contributed by atoms with van der Waals surface area (Å²) in [5, 5.41) is 12.4. The molecule has 0 radical (unpaired) electrons. The summed E-state index contributed by atoms with van der Waals surface area (Å²) in [6.07, 6.45) is 3.75. The van der Waals surface area contributed by atoms with Gasteiger partial charge in [0.1, 0.15) is 5.00 Å². The minimum atomic E-state index is -0.551. The van der Waals surface area contributed by atoms with E-state index in [1.165, 1.54) is 11.3 Å². The van der Waals surface area contributed by atoms with E-state index in [4.69, 9.17) is 5.73 Å². The molecule has 0 aliphatic heterocycles. The number of hydrogen-bond donors (Lipinski definition) is 3. The van der Waals surface area contributed by atoms with E-state index in [1.54, 1.807) is 24.6 Å². The molecule has 2 amide bonds. The fourth-order valence-corrected chi connectivity index (χ4v) is 3.02. The van der Waals surface area contributed by atoms with E-state index in [0.717, 1.165) is 5.56 Å². The minimum absolute atomic E-state index is 0.0639. The molecular formula is C15H21N5O2S. The highest BCUT2D eigenvalue weighted by molar-refractivity contribution is 7.14. The Labute approximate surface area is 138 Å². The summed E-state index contributed by atoms with van der Waals surface area (Å²) in [5.41, 5.74) is 6.70. The number of nitrogens with one attached hydrogen (secondary N) is 2. The van der Waals surface area contributed by atoms with Crippen LogP contribution in [0.25, 0.3) is 0 Å². The molecule has 2 heterocycles. The van der Waals surface area contributed by atoms with Gasteiger partial charge in [0.05, 0.1) is 24.3 Å². The molecule has 0 bridgehead atoms. The van der Waals surface area contributed by atoms with Gasteiger partial charge in [0, 0.05) is 12.2 Å². The van der Waals surface area contributed by atoms with E-state index in [-0.39, 0.29) is 11.9 Å². The molecule has 0 saturated carbocycles. The van der Waals surface area contributed by atoms with Crippen molar-refractivity contribution < 1.29 is 9.59 Å². The third-order valence-electron chi connectivity index (χ3n) is 3.32. The summed E-state index contributed by atoms with van der Waals surface area (Å²) in [6.45, 7) is 6.41. The van der Waals surface area contributed by atoms with Gasteiger partial charge in [-0.25, -0.2) is 0 Å². The second-order valence-electron chi connectivity index (χ2n) is 5.55. The number of nitrogens with zero attached hydrogens (tertiary/aromatic N) is 2. The van der Waals surface area contributed by atoms with Crippen LogP contribution in [0.2, 0.25) is 0 Å². The Bertz CT molecular complexity index is 694. The van der Waals surface area contributed by atoms with Crippen molar-refractivity contribution in [2.75, 3.05) is 5.32 Å². The van der Waals surface area contributed by atoms with E-state index >= 15 is 0 Å². The van der Waals surface area contributed by atoms with Crippen LogP contribution in [0.4, 0.5) is 5.00 Å². The first kappa shape index (κ1) is 17.2. The highest BCUT2D eigenvalue weighted by Gasteiger charge is 2.19. The second-order valence-corrected chi connectivity index (χ2v) is 6.46. The molecule has 2 aromatic rings. The molecule has 124 valence electrons. The van der Waals surface area contributed by atoms with Crippen molar-refractivity contribution in [2.24, 2.45) is 5.73 Å². The third kappa shape index (κ3) is 4.64. The maximum absolute atomic E-state index is 12.2. The van der Waals surface area contributed by atoms with Crippen LogP contribution in [0.1, 0.15) is 29.8 Å². The van der Waals surface area contributed by atoms with Gasteiger partial charge in [-0.3, -0.25) is 14.3 Å². The summed E-state index contributed by atoms with van der Waals surface area (Å²) in [4.78, 5) is 23.5. The van der Waals surface area contributed by atoms with Crippen LogP contribution in [0, 0.1) is 6.92 Å². The minimum Gasteiger partial charge on any atom is -0.366 e. The zero-order valence-corrected chi connectivity index (χ0v) is 14.2. The number of carbonyl (C=O) groups is 2. The van der Waals surface area contributed by atoms with Crippen molar-refractivity contribution in [1.82, 2.24) is 15.1 Å². The number of nitrogens with two attached hydrogens (primary N) is 1. The van der Waals surface area contributed by atoms with E-state index < -0.39 is 11.9 Å². The van der Waals surface area contributed by atoms with Gasteiger partial charge >= 0.3 is 0 Å². The molecule has 2 unspecified atom stereocenters. The van der Waals surface area contributed by atoms with E-state index in [2.05, 4.69) is 15.7 Å². The lowest BCUT2D eigenvalue weighted by Gasteiger charge is -2.19. The number of rotatable bonds is 7. The fourth-order valence-electron chi connectivity index (χ4n) is 2.22. The van der Waals surface area contributed by atoms with E-state index in [0.29, 0.717) is 17.1 Å². The maximum Gasteiger partial charge on any atom is 0.251 e. The molecule has 2 aromatic heterocycles. The smallest absolute Gasteiger partial charge is 0.251 e. The topological polar surface area (TPSA) is 102 Å². The van der Waals surface area contributed by atoms with Gasteiger partial charge in [-0.05, 0) is 37.8 Å². The number of aryl methyl sites for hydroxylation is 1. The van der Waals surface area contributed by atoms with Crippen LogP contribution in [0.15, 0.2) is 23.8 Å². The quantitative estimate of drug-likeness (QED) is 0.711. The van der Waals surface area contributed by atoms with Crippen molar-refractivity contribution >= 4 is 28.2 Å². The second kappa shape index (κ2) is 7.38. The maximum atomic E-state index is 12.2. The number of carbonyl (C=O) groups excluding carboxylic acids is 2. The summed E-state index contributed by atoms with van der Waals surface area (Å²) >= 11 is 1.27. The first-order chi connectivity index (χ1) is 10.9. The largest absolute Gasteiger partial charge is 0.366 e. The molecule has 0 aromatic carbocycles. The van der Waals surface area contributed by atoms with Crippen molar-refractivity contribution in [2.45, 2.75) is 39.4 Å². The van der Waals surface area contributed by atoms with Crippen molar-refractivity contribution in [1.29, 1.82) is 0 Å². The molecule has 23 heavy (non-hydrogen) atoms. The summed E-state index contributed by atoms with van der Waals surface area (Å²) in [6, 6.07) is 1.25. The molecular weight excluding hydrogens is 314 g/mol. The molecule has 4 N–H and O–H groups in total. The predicted octanol–water partition coefficient (Wildman–Crippen LogP) is 1.36. The van der Waals surface area contributed by atoms with Crippen LogP contribution in [0.3, 0.4) is 0 Å². The normalized spacial score (nSPS) is 13.5. The number of amides is 2. The Hall–Kier alpha value is -2.19. The molecule has 0 saturated heterocycles. The molecule has 2 atom stereocenters. The highest BCUT2D eigenvalue weighted by atomic mass is 32.1. The van der Waals surface area contributed by atoms with Crippen molar-refractivity contribution in [3.63, 3.8) is 0 Å². The average Bonchev–Trinajstić information content (AvgIpc) is 3.07. The van der Waals surface area contributed by atoms with Crippen LogP contribution >= 0.6 is 11.3 Å². The van der Waals surface area contributed by atoms with Gasteiger partial charge in [0.2, 0.25) is 5.91 Å². The van der Waals surface area contributed by atoms with Gasteiger partial charge in [-0.15, -0.1) is 11.3 Å². The van der Waals surface area contributed by atoms with Crippen LogP contribution in [-0.2, 0) is 11.3 Å². The predicted molar refractivity (Wildman–Crippen MR) is 90.5 cm³/mol. The lowest BCUT2D eigenvalue weighted by atomic mass is 10.2. The molecule has 0 aliphatic rings. The standard InChI is InChI=1S/C15H21N5O2S/c1-9-6-17-20(7-9)8-10(2)18-11(3)14(22)19-15-12(13(16)21)4-5-23-15/h4-7,10-11,18H,8H2,1-3H3,(H2,16,21)(H,19,22). The summed E-state index contributed by atoms with van der Waals surface area (Å²) in [7, 11) is 0. The number of aromatic nitrogens is 2. The van der Waals surface area contributed by atoms with Crippen molar-refractivity contribution in [3.8, 4) is 0 Å². The Morgan fingerprint density at radius 2 is 2.17 bits per heavy atom. The zero-order chi connectivity index (χ0) is 17.0. The summed E-state index contributed by atoms with van der Waals surface area (Å²) in [5.74, 6) is -0.761. The van der Waals surface area contributed by atoms with E-state index in [9.17, 15) is 9.59 Å². The van der Waals surface area contributed by atoms with Crippen LogP contribution in [-0.4, -0.2) is 33.7 Å². The van der Waals surface area contributed by atoms with Crippen LogP contribution < -0.4 is 16.4 Å². The van der Waals surface area contributed by atoms with Crippen molar-refractivity contribution in [3.05, 3.63) is 35.0 Å².